The molecule has 0 aromatic heterocycles. The number of hydrogen-bond donors (Lipinski definition) is 6. The number of nitrogens with two attached hydrogens (primary N) is 2. The molecular formula is C12H23BN2O5. The fraction of sp³-hybridized carbons (Fsp3) is 0.500. The lowest BCUT2D eigenvalue weighted by Gasteiger charge is -2.37. The van der Waals surface area contributed by atoms with Crippen LogP contribution >= 0.6 is 0 Å². The maximum Gasteiger partial charge on any atom is 0.631 e. The van der Waals surface area contributed by atoms with E-state index in [1.165, 1.54) is 0 Å². The summed E-state index contributed by atoms with van der Waals surface area (Å²) in [5.74, 6) is 0.596. The van der Waals surface area contributed by atoms with Gasteiger partial charge in [-0.25, -0.2) is 0 Å². The summed E-state index contributed by atoms with van der Waals surface area (Å²) in [7, 11) is -2.17. The molecule has 0 saturated heterocycles. The topological polar surface area (TPSA) is 142 Å². The van der Waals surface area contributed by atoms with Gasteiger partial charge in [-0.3, -0.25) is 0 Å². The van der Waals surface area contributed by atoms with E-state index in [0.717, 1.165) is 0 Å². The summed E-state index contributed by atoms with van der Waals surface area (Å²) in [6.07, 6.45) is 0. The summed E-state index contributed by atoms with van der Waals surface area (Å²) < 4.78 is 5.72. The minimum atomic E-state index is -2.17. The van der Waals surface area contributed by atoms with Crippen molar-refractivity contribution in [3.8, 4) is 5.75 Å². The molecule has 0 unspecified atom stereocenters. The summed E-state index contributed by atoms with van der Waals surface area (Å²) in [5.41, 5.74) is 10.6. The van der Waals surface area contributed by atoms with Crippen molar-refractivity contribution in [2.45, 2.75) is 38.9 Å². The molecule has 0 aliphatic carbocycles. The van der Waals surface area contributed by atoms with Gasteiger partial charge in [-0.05, 0) is 39.8 Å². The second-order valence-electron chi connectivity index (χ2n) is 5.31. The first-order valence-corrected chi connectivity index (χ1v) is 5.97. The van der Waals surface area contributed by atoms with Crippen molar-refractivity contribution in [1.82, 2.24) is 0 Å². The lowest BCUT2D eigenvalue weighted by Crippen LogP contribution is -2.49. The molecule has 8 N–H and O–H groups in total. The number of ether oxygens (including phenoxy) is 1. The molecule has 0 heterocycles. The summed E-state index contributed by atoms with van der Waals surface area (Å²) in [6.45, 7) is 7.04. The van der Waals surface area contributed by atoms with Gasteiger partial charge in [0.2, 0.25) is 0 Å². The largest absolute Gasteiger partial charge is 0.631 e. The first-order chi connectivity index (χ1) is 8.86. The van der Waals surface area contributed by atoms with Crippen LogP contribution in [-0.4, -0.2) is 38.7 Å². The third-order valence-electron chi connectivity index (χ3n) is 2.90. The van der Waals surface area contributed by atoms with Crippen molar-refractivity contribution in [3.63, 3.8) is 0 Å². The summed E-state index contributed by atoms with van der Waals surface area (Å²) in [5, 5.41) is 31.4. The van der Waals surface area contributed by atoms with Crippen molar-refractivity contribution in [1.29, 1.82) is 0 Å². The zero-order valence-electron chi connectivity index (χ0n) is 12.2. The SMILES string of the molecule is CC(C)(O)C(C)(C)Oc1ccc(N)c(N)c1.OB(O)O. The van der Waals surface area contributed by atoms with E-state index in [9.17, 15) is 5.11 Å². The van der Waals surface area contributed by atoms with Gasteiger partial charge in [0, 0.05) is 6.07 Å². The Morgan fingerprint density at radius 3 is 1.80 bits per heavy atom. The van der Waals surface area contributed by atoms with E-state index >= 15 is 0 Å². The van der Waals surface area contributed by atoms with Gasteiger partial charge in [0.15, 0.2) is 0 Å². The lowest BCUT2D eigenvalue weighted by atomic mass is 9.89. The molecule has 0 spiro atoms. The van der Waals surface area contributed by atoms with Crippen LogP contribution in [0.2, 0.25) is 0 Å². The molecule has 114 valence electrons. The third-order valence-corrected chi connectivity index (χ3v) is 2.90. The van der Waals surface area contributed by atoms with Gasteiger partial charge in [0.05, 0.1) is 17.0 Å². The molecule has 0 bridgehead atoms. The standard InChI is InChI=1S/C12H20N2O2.BH3O3/c1-11(2,15)12(3,4)16-8-5-6-9(13)10(14)7-8;2-1(3)4/h5-7,15H,13-14H2,1-4H3;2-4H. The van der Waals surface area contributed by atoms with Gasteiger partial charge >= 0.3 is 7.32 Å². The highest BCUT2D eigenvalue weighted by Gasteiger charge is 2.37. The van der Waals surface area contributed by atoms with E-state index in [2.05, 4.69) is 0 Å². The second-order valence-corrected chi connectivity index (χ2v) is 5.31. The van der Waals surface area contributed by atoms with Crippen LogP contribution in [0.25, 0.3) is 0 Å². The molecular weight excluding hydrogens is 263 g/mol. The Balaban J connectivity index is 0.000000796. The number of rotatable bonds is 3. The average Bonchev–Trinajstić information content (AvgIpc) is 2.20. The molecule has 1 rings (SSSR count). The van der Waals surface area contributed by atoms with E-state index in [1.807, 2.05) is 13.8 Å². The molecule has 0 saturated carbocycles. The molecule has 0 aliphatic rings. The van der Waals surface area contributed by atoms with Crippen LogP contribution < -0.4 is 16.2 Å². The Kier molecular flexibility index (Phi) is 6.30. The smallest absolute Gasteiger partial charge is 0.485 e. The average molecular weight is 286 g/mol. The van der Waals surface area contributed by atoms with Crippen LogP contribution in [0, 0.1) is 0 Å². The first-order valence-electron chi connectivity index (χ1n) is 5.97. The van der Waals surface area contributed by atoms with Gasteiger partial charge in [-0.15, -0.1) is 0 Å². The van der Waals surface area contributed by atoms with Crippen molar-refractivity contribution in [3.05, 3.63) is 18.2 Å². The molecule has 20 heavy (non-hydrogen) atoms. The Hall–Kier alpha value is -1.48. The van der Waals surface area contributed by atoms with E-state index in [0.29, 0.717) is 17.1 Å². The van der Waals surface area contributed by atoms with Gasteiger partial charge < -0.3 is 36.4 Å². The highest BCUT2D eigenvalue weighted by molar-refractivity contribution is 6.30. The zero-order chi connectivity index (χ0) is 16.1. The minimum Gasteiger partial charge on any atom is -0.485 e. The normalized spacial score (nSPS) is 11.4. The number of aliphatic hydroxyl groups is 1. The quantitative estimate of drug-likeness (QED) is 0.331. The lowest BCUT2D eigenvalue weighted by molar-refractivity contribution is -0.0906. The molecule has 0 radical (unpaired) electrons. The molecule has 0 fully saturated rings. The Morgan fingerprint density at radius 2 is 1.45 bits per heavy atom. The maximum absolute atomic E-state index is 9.95. The molecule has 1 aromatic rings. The monoisotopic (exact) mass is 286 g/mol. The summed E-state index contributed by atoms with van der Waals surface area (Å²) >= 11 is 0. The second kappa shape index (κ2) is 6.80. The summed E-state index contributed by atoms with van der Waals surface area (Å²) in [4.78, 5) is 0. The molecule has 7 nitrogen and oxygen atoms in total. The predicted molar refractivity (Wildman–Crippen MR) is 78.7 cm³/mol. The van der Waals surface area contributed by atoms with Crippen LogP contribution in [0.1, 0.15) is 27.7 Å². The van der Waals surface area contributed by atoms with Crippen LogP contribution in [0.5, 0.6) is 5.75 Å². The highest BCUT2D eigenvalue weighted by atomic mass is 16.5. The van der Waals surface area contributed by atoms with Gasteiger partial charge in [-0.1, -0.05) is 0 Å². The van der Waals surface area contributed by atoms with Crippen LogP contribution in [0.3, 0.4) is 0 Å². The van der Waals surface area contributed by atoms with Gasteiger partial charge in [-0.2, -0.15) is 0 Å². The van der Waals surface area contributed by atoms with Gasteiger partial charge in [0.1, 0.15) is 11.4 Å². The molecule has 0 atom stereocenters. The highest BCUT2D eigenvalue weighted by Crippen LogP contribution is 2.30. The Morgan fingerprint density at radius 1 is 1.00 bits per heavy atom. The predicted octanol–water partition coefficient (Wildman–Crippen LogP) is -0.272. The molecule has 8 heteroatoms. The number of hydrogen-bond acceptors (Lipinski definition) is 7. The zero-order valence-corrected chi connectivity index (χ0v) is 12.2. The fourth-order valence-corrected chi connectivity index (χ4v) is 1.04. The van der Waals surface area contributed by atoms with Crippen molar-refractivity contribution in [2.75, 3.05) is 11.5 Å². The van der Waals surface area contributed by atoms with Crippen LogP contribution in [0.15, 0.2) is 18.2 Å². The third kappa shape index (κ3) is 6.11. The molecule has 0 aliphatic heterocycles. The Bertz CT molecular complexity index is 430. The van der Waals surface area contributed by atoms with E-state index < -0.39 is 18.5 Å². The molecule has 1 aromatic carbocycles. The van der Waals surface area contributed by atoms with Crippen molar-refractivity contribution >= 4 is 18.7 Å². The summed E-state index contributed by atoms with van der Waals surface area (Å²) in [6, 6.07) is 5.08. The first kappa shape index (κ1) is 18.5. The Labute approximate surface area is 119 Å². The van der Waals surface area contributed by atoms with Crippen LogP contribution in [-0.2, 0) is 0 Å². The van der Waals surface area contributed by atoms with Crippen molar-refractivity contribution < 1.29 is 24.9 Å². The number of anilines is 2. The van der Waals surface area contributed by atoms with Crippen LogP contribution in [0.4, 0.5) is 11.4 Å². The van der Waals surface area contributed by atoms with E-state index in [4.69, 9.17) is 31.3 Å². The minimum absolute atomic E-state index is 0.476. The van der Waals surface area contributed by atoms with E-state index in [1.54, 1.807) is 32.0 Å². The molecule has 0 amide bonds. The number of nitrogen functional groups attached to an aromatic ring is 2. The maximum atomic E-state index is 9.95. The van der Waals surface area contributed by atoms with E-state index in [-0.39, 0.29) is 0 Å². The van der Waals surface area contributed by atoms with Gasteiger partial charge in [0.25, 0.3) is 0 Å². The number of benzene rings is 1. The fourth-order valence-electron chi connectivity index (χ4n) is 1.04. The van der Waals surface area contributed by atoms with Crippen molar-refractivity contribution in [2.24, 2.45) is 0 Å².